The Labute approximate surface area is 125 Å². The molecular formula is C11H13N4O6S-. The fourth-order valence-electron chi connectivity index (χ4n) is 2.77. The second-order valence-electron chi connectivity index (χ2n) is 5.14. The summed E-state index contributed by atoms with van der Waals surface area (Å²) < 4.78 is 37.0. The summed E-state index contributed by atoms with van der Waals surface area (Å²) in [5.74, 6) is 0. The van der Waals surface area contributed by atoms with E-state index in [2.05, 4.69) is 14.9 Å². The first kappa shape index (κ1) is 14.8. The molecule has 11 heteroatoms. The fourth-order valence-corrected chi connectivity index (χ4v) is 3.55. The zero-order chi connectivity index (χ0) is 15.9. The second-order valence-corrected chi connectivity index (χ2v) is 6.68. The molecule has 1 aliphatic carbocycles. The first-order valence-corrected chi connectivity index (χ1v) is 8.17. The summed E-state index contributed by atoms with van der Waals surface area (Å²) in [5, 5.41) is 27.7. The molecule has 0 spiro atoms. The normalized spacial score (nSPS) is 22.2. The van der Waals surface area contributed by atoms with E-state index in [0.29, 0.717) is 18.8 Å². The van der Waals surface area contributed by atoms with Crippen molar-refractivity contribution in [2.24, 2.45) is 0 Å². The lowest BCUT2D eigenvalue weighted by atomic mass is 10.00. The number of likely N-dealkylation sites (tertiary alicyclic amines) is 1. The molecule has 0 saturated carbocycles. The molecule has 1 saturated heterocycles. The van der Waals surface area contributed by atoms with Crippen molar-refractivity contribution in [3.63, 3.8) is 0 Å². The Kier molecular flexibility index (Phi) is 3.53. The van der Waals surface area contributed by atoms with Crippen LogP contribution in [0.2, 0.25) is 0 Å². The Bertz CT molecular complexity index is 742. The van der Waals surface area contributed by atoms with Crippen LogP contribution in [0.3, 0.4) is 0 Å². The SMILES string of the molecule is O=S(=O)(O)C1C=C(N2CCCCC2)c2nonc2C1=[N+]([O-])[O-]. The van der Waals surface area contributed by atoms with E-state index in [4.69, 9.17) is 0 Å². The lowest BCUT2D eigenvalue weighted by Crippen LogP contribution is -2.40. The van der Waals surface area contributed by atoms with E-state index in [1.54, 1.807) is 0 Å². The summed E-state index contributed by atoms with van der Waals surface area (Å²) in [4.78, 5) is 0.992. The topological polar surface area (TPSA) is 146 Å². The maximum Gasteiger partial charge on any atom is 0.282 e. The Morgan fingerprint density at radius 3 is 2.45 bits per heavy atom. The maximum absolute atomic E-state index is 11.5. The van der Waals surface area contributed by atoms with Gasteiger partial charge in [0.15, 0.2) is 10.9 Å². The Morgan fingerprint density at radius 1 is 1.23 bits per heavy atom. The van der Waals surface area contributed by atoms with Crippen LogP contribution in [0.5, 0.6) is 0 Å². The molecule has 1 N–H and O–H groups in total. The molecule has 1 aliphatic heterocycles. The van der Waals surface area contributed by atoms with E-state index < -0.39 is 26.0 Å². The molecule has 0 bridgehead atoms. The van der Waals surface area contributed by atoms with Crippen molar-refractivity contribution < 1.29 is 22.5 Å². The first-order chi connectivity index (χ1) is 10.4. The van der Waals surface area contributed by atoms with Crippen molar-refractivity contribution in [1.82, 2.24) is 15.2 Å². The molecule has 120 valence electrons. The van der Waals surface area contributed by atoms with Gasteiger partial charge in [-0.15, -0.1) is 0 Å². The van der Waals surface area contributed by atoms with Crippen LogP contribution >= 0.6 is 0 Å². The average molecular weight is 329 g/mol. The minimum Gasteiger partial charge on any atom is -0.612 e. The summed E-state index contributed by atoms with van der Waals surface area (Å²) in [7, 11) is -4.70. The molecule has 0 aromatic carbocycles. The van der Waals surface area contributed by atoms with Gasteiger partial charge in [-0.05, 0) is 35.7 Å². The number of piperidine rings is 1. The maximum atomic E-state index is 11.5. The minimum absolute atomic E-state index is 0.133. The van der Waals surface area contributed by atoms with Crippen LogP contribution in [-0.2, 0) is 10.1 Å². The lowest BCUT2D eigenvalue weighted by Gasteiger charge is -2.32. The molecule has 10 nitrogen and oxygen atoms in total. The zero-order valence-corrected chi connectivity index (χ0v) is 12.2. The second kappa shape index (κ2) is 5.25. The van der Waals surface area contributed by atoms with Gasteiger partial charge in [-0.1, -0.05) is 0 Å². The Morgan fingerprint density at radius 2 is 1.86 bits per heavy atom. The first-order valence-electron chi connectivity index (χ1n) is 6.67. The molecule has 2 heterocycles. The fraction of sp³-hybridized carbons (Fsp3) is 0.545. The number of hydrogen-bond donors (Lipinski definition) is 1. The van der Waals surface area contributed by atoms with Gasteiger partial charge in [-0.2, -0.15) is 13.3 Å². The predicted octanol–water partition coefficient (Wildman–Crippen LogP) is -0.0364. The molecule has 1 atom stereocenters. The highest BCUT2D eigenvalue weighted by atomic mass is 32.2. The van der Waals surface area contributed by atoms with Crippen LogP contribution in [0.25, 0.3) is 5.70 Å². The van der Waals surface area contributed by atoms with Crippen LogP contribution in [0, 0.1) is 10.4 Å². The van der Waals surface area contributed by atoms with E-state index in [0.717, 1.165) is 25.3 Å². The number of hydrogen-bond acceptors (Lipinski definition) is 8. The van der Waals surface area contributed by atoms with Crippen molar-refractivity contribution in [2.75, 3.05) is 13.1 Å². The third-order valence-corrected chi connectivity index (χ3v) is 4.77. The monoisotopic (exact) mass is 329 g/mol. The molecule has 0 amide bonds. The van der Waals surface area contributed by atoms with Crippen LogP contribution < -0.4 is 0 Å². The van der Waals surface area contributed by atoms with Gasteiger partial charge in [0.2, 0.25) is 5.69 Å². The van der Waals surface area contributed by atoms with Gasteiger partial charge in [0.25, 0.3) is 15.8 Å². The summed E-state index contributed by atoms with van der Waals surface area (Å²) in [6, 6.07) is 0. The van der Waals surface area contributed by atoms with Gasteiger partial charge in [0.05, 0.1) is 5.70 Å². The highest BCUT2D eigenvalue weighted by Gasteiger charge is 2.43. The number of rotatable bonds is 2. The largest absolute Gasteiger partial charge is 0.612 e. The van der Waals surface area contributed by atoms with E-state index >= 15 is 0 Å². The lowest BCUT2D eigenvalue weighted by molar-refractivity contribution is -0.379. The van der Waals surface area contributed by atoms with Gasteiger partial charge in [-0.3, -0.25) is 4.55 Å². The molecule has 1 unspecified atom stereocenters. The van der Waals surface area contributed by atoms with E-state index in [1.807, 2.05) is 4.90 Å². The number of aromatic nitrogens is 2. The average Bonchev–Trinajstić information content (AvgIpc) is 2.94. The number of nitrogens with zero attached hydrogens (tertiary/aromatic N) is 4. The summed E-state index contributed by atoms with van der Waals surface area (Å²) >= 11 is 0. The Balaban J connectivity index is 2.16. The quantitative estimate of drug-likeness (QED) is 0.448. The van der Waals surface area contributed by atoms with Crippen molar-refractivity contribution >= 4 is 21.5 Å². The molecule has 1 fully saturated rings. The molecule has 0 radical (unpaired) electrons. The highest BCUT2D eigenvalue weighted by Crippen LogP contribution is 2.31. The van der Waals surface area contributed by atoms with Gasteiger partial charge in [0.1, 0.15) is 0 Å². The van der Waals surface area contributed by atoms with Crippen LogP contribution in [0.15, 0.2) is 10.7 Å². The van der Waals surface area contributed by atoms with Crippen molar-refractivity contribution in [3.05, 3.63) is 27.9 Å². The molecular weight excluding hydrogens is 316 g/mol. The van der Waals surface area contributed by atoms with Crippen LogP contribution in [0.4, 0.5) is 0 Å². The summed E-state index contributed by atoms with van der Waals surface area (Å²) in [6.45, 7) is 1.34. The standard InChI is InChI=1S/C11H13N4O6S/c16-15(17)11-8(22(18,19)20)6-7(9-10(11)13-21-12-9)14-4-2-1-3-5-14/h6,8H,1-5H2,(H-,16,17,18,19,20)/q-1. The van der Waals surface area contributed by atoms with Crippen LogP contribution in [-0.4, -0.2) is 57.1 Å². The van der Waals surface area contributed by atoms with Gasteiger partial charge >= 0.3 is 0 Å². The van der Waals surface area contributed by atoms with Crippen molar-refractivity contribution in [1.29, 1.82) is 0 Å². The van der Waals surface area contributed by atoms with E-state index in [9.17, 15) is 23.4 Å². The van der Waals surface area contributed by atoms with Crippen molar-refractivity contribution in [2.45, 2.75) is 24.5 Å². The molecule has 3 rings (SSSR count). The van der Waals surface area contributed by atoms with E-state index in [-0.39, 0.29) is 11.4 Å². The van der Waals surface area contributed by atoms with E-state index in [1.165, 1.54) is 0 Å². The van der Waals surface area contributed by atoms with Gasteiger partial charge in [0, 0.05) is 13.1 Å². The predicted molar refractivity (Wildman–Crippen MR) is 74.1 cm³/mol. The summed E-state index contributed by atoms with van der Waals surface area (Å²) in [6.07, 6.45) is 4.04. The zero-order valence-electron chi connectivity index (χ0n) is 11.4. The molecule has 1 aromatic heterocycles. The molecule has 22 heavy (non-hydrogen) atoms. The third-order valence-electron chi connectivity index (χ3n) is 3.77. The molecule has 2 aliphatic rings. The van der Waals surface area contributed by atoms with Crippen LogP contribution in [0.1, 0.15) is 30.7 Å². The van der Waals surface area contributed by atoms with Crippen molar-refractivity contribution in [3.8, 4) is 0 Å². The molecule has 1 aromatic rings. The summed E-state index contributed by atoms with van der Waals surface area (Å²) in [5.41, 5.74) is -0.479. The minimum atomic E-state index is -4.70. The smallest absolute Gasteiger partial charge is 0.282 e. The Hall–Kier alpha value is -2.14. The number of fused-ring (bicyclic) bond motifs is 1. The third kappa shape index (κ3) is 2.41. The highest BCUT2D eigenvalue weighted by molar-refractivity contribution is 7.87. The van der Waals surface area contributed by atoms with Gasteiger partial charge in [-0.25, -0.2) is 4.63 Å². The van der Waals surface area contributed by atoms with Gasteiger partial charge < -0.3 is 15.3 Å².